The van der Waals surface area contributed by atoms with E-state index in [2.05, 4.69) is 20.3 Å². The second-order valence-corrected chi connectivity index (χ2v) is 8.89. The third-order valence-corrected chi connectivity index (χ3v) is 6.80. The molecule has 2 fully saturated rings. The van der Waals surface area contributed by atoms with Gasteiger partial charge in [0.15, 0.2) is 5.78 Å². The first-order chi connectivity index (χ1) is 11.3. The topological polar surface area (TPSA) is 94.5 Å². The highest BCUT2D eigenvalue weighted by Gasteiger charge is 2.33. The van der Waals surface area contributed by atoms with Gasteiger partial charge in [-0.25, -0.2) is 9.97 Å². The van der Waals surface area contributed by atoms with Gasteiger partial charge in [0.2, 0.25) is 0 Å². The number of aromatic nitrogens is 3. The molecule has 2 saturated carbocycles. The number of carbonyl (C=O) groups is 1. The van der Waals surface area contributed by atoms with Gasteiger partial charge < -0.3 is 10.3 Å². The predicted octanol–water partition coefficient (Wildman–Crippen LogP) is 4.01. The number of ketones is 1. The normalized spacial score (nSPS) is 24.7. The first kappa shape index (κ1) is 15.2. The Labute approximate surface area is 144 Å². The van der Waals surface area contributed by atoms with Gasteiger partial charge in [0.05, 0.1) is 5.39 Å². The van der Waals surface area contributed by atoms with Crippen molar-refractivity contribution in [2.75, 3.05) is 5.32 Å². The van der Waals surface area contributed by atoms with Crippen molar-refractivity contribution in [2.45, 2.75) is 48.5 Å². The van der Waals surface area contributed by atoms with E-state index in [0.29, 0.717) is 9.97 Å². The van der Waals surface area contributed by atoms with Gasteiger partial charge >= 0.3 is 0 Å². The summed E-state index contributed by atoms with van der Waals surface area (Å²) in [5, 5.41) is 4.38. The summed E-state index contributed by atoms with van der Waals surface area (Å²) in [5.41, 5.74) is 1.46. The van der Waals surface area contributed by atoms with E-state index in [-0.39, 0.29) is 11.7 Å². The molecule has 2 aliphatic carbocycles. The molecule has 1 unspecified atom stereocenters. The number of nitrogens with zero attached hydrogens (tertiary/aromatic N) is 2. The molecule has 0 saturated heterocycles. The zero-order chi connectivity index (χ0) is 15.8. The number of aromatic amines is 1. The monoisotopic (exact) mass is 425 g/mol. The smallest absolute Gasteiger partial charge is 0.168 e. The van der Waals surface area contributed by atoms with Crippen molar-refractivity contribution in [1.82, 2.24) is 15.0 Å². The number of halogens is 1. The summed E-state index contributed by atoms with van der Waals surface area (Å²) in [5.74, 6) is 1.18. The van der Waals surface area contributed by atoms with Crippen LogP contribution in [0.1, 0.15) is 48.9 Å². The number of hydrogen-bond acceptors (Lipinski definition) is 5. The van der Waals surface area contributed by atoms with Crippen LogP contribution in [0, 0.1) is 9.48 Å². The zero-order valence-electron chi connectivity index (χ0n) is 12.8. The number of rotatable bonds is 5. The van der Waals surface area contributed by atoms with Gasteiger partial charge in [-0.3, -0.25) is 8.36 Å². The maximum absolute atomic E-state index is 12.5. The Bertz CT molecular complexity index is 754. The van der Waals surface area contributed by atoms with E-state index < -0.39 is 21.0 Å². The lowest BCUT2D eigenvalue weighted by atomic mass is 9.95. The fraction of sp³-hybridized carbons (Fsp3) is 0.562. The number of alkyl halides is 1. The minimum Gasteiger partial charge on any atom is -0.367 e. The Morgan fingerprint density at radius 2 is 2.17 bits per heavy atom. The van der Waals surface area contributed by atoms with Gasteiger partial charge in [-0.05, 0) is 53.1 Å². The summed E-state index contributed by atoms with van der Waals surface area (Å²) in [6.45, 7) is 0. The molecule has 2 aliphatic rings. The van der Waals surface area contributed by atoms with E-state index >= 15 is 0 Å². The first-order valence-corrected chi connectivity index (χ1v) is 10.5. The Morgan fingerprint density at radius 3 is 2.96 bits per heavy atom. The molecule has 0 aromatic carbocycles. The van der Waals surface area contributed by atoms with Crippen molar-refractivity contribution in [3.05, 3.63) is 18.1 Å². The highest BCUT2D eigenvalue weighted by atomic mass is 127. The van der Waals surface area contributed by atoms with Crippen molar-refractivity contribution < 1.29 is 4.79 Å². The predicted molar refractivity (Wildman–Crippen MR) is 97.3 cm³/mol. The van der Waals surface area contributed by atoms with Crippen molar-refractivity contribution in [3.63, 3.8) is 0 Å². The van der Waals surface area contributed by atoms with Crippen LogP contribution in [0.15, 0.2) is 12.5 Å². The molecule has 4 rings (SSSR count). The summed E-state index contributed by atoms with van der Waals surface area (Å²) in [6.07, 6.45) is 9.87. The van der Waals surface area contributed by atoms with E-state index in [9.17, 15) is 4.79 Å². The molecule has 122 valence electrons. The number of fused-ring (bicyclic) bond motifs is 1. The van der Waals surface area contributed by atoms with Crippen molar-refractivity contribution in [3.8, 4) is 0 Å². The van der Waals surface area contributed by atoms with Crippen LogP contribution >= 0.6 is 21.0 Å². The maximum atomic E-state index is 12.5. The van der Waals surface area contributed by atoms with Gasteiger partial charge in [-0.2, -0.15) is 0 Å². The Hall–Kier alpha value is -1.38. The van der Waals surface area contributed by atoms with Gasteiger partial charge in [-0.1, -0.05) is 6.42 Å². The van der Waals surface area contributed by atoms with E-state index in [0.717, 1.165) is 48.1 Å². The molecule has 0 bridgehead atoms. The molecule has 23 heavy (non-hydrogen) atoms. The number of hydrogen-bond donors (Lipinski definition) is 3. The fourth-order valence-corrected chi connectivity index (χ4v) is 5.01. The molecule has 0 amide bonds. The number of Topliss-reactive ketones (excluding diaryl/α,β-unsaturated/α-hetero) is 1. The third-order valence-electron chi connectivity index (χ3n) is 4.79. The average Bonchev–Trinajstić information content (AvgIpc) is 3.34. The summed E-state index contributed by atoms with van der Waals surface area (Å²) in [7, 11) is 0. The molecule has 3 N–H and O–H groups in total. The summed E-state index contributed by atoms with van der Waals surface area (Å²) >= 11 is -0.444. The van der Waals surface area contributed by atoms with Crippen LogP contribution in [0.3, 0.4) is 0 Å². The molecule has 2 atom stereocenters. The molecule has 2 heterocycles. The highest BCUT2D eigenvalue weighted by Crippen LogP contribution is 2.36. The molecule has 2 aromatic rings. The van der Waals surface area contributed by atoms with E-state index in [1.165, 1.54) is 12.8 Å². The number of anilines is 1. The Morgan fingerprint density at radius 1 is 1.30 bits per heavy atom. The van der Waals surface area contributed by atoms with Crippen LogP contribution in [0.5, 0.6) is 0 Å². The summed E-state index contributed by atoms with van der Waals surface area (Å²) in [6, 6.07) is 0.357. The summed E-state index contributed by atoms with van der Waals surface area (Å²) < 4.78 is 8.30. The van der Waals surface area contributed by atoms with Crippen molar-refractivity contribution in [2.24, 2.45) is 5.92 Å². The number of H-pyrrole nitrogens is 1. The average molecular weight is 425 g/mol. The lowest BCUT2D eigenvalue weighted by molar-refractivity contribution is 0.0969. The molecular weight excluding hydrogens is 405 g/mol. The minimum atomic E-state index is -0.444. The van der Waals surface area contributed by atoms with Crippen LogP contribution in [0.2, 0.25) is 0 Å². The van der Waals surface area contributed by atoms with Gasteiger partial charge in [0.1, 0.15) is 17.8 Å². The Kier molecular flexibility index (Phi) is 4.13. The van der Waals surface area contributed by atoms with Gasteiger partial charge in [-0.15, -0.1) is 0 Å². The lowest BCUT2D eigenvalue weighted by Crippen LogP contribution is -2.28. The highest BCUT2D eigenvalue weighted by molar-refractivity contribution is 14.1. The van der Waals surface area contributed by atoms with Crippen LogP contribution in [-0.2, 0) is 0 Å². The number of carbonyl (C=O) groups excluding carboxylic acids is 1. The molecule has 6 nitrogen and oxygen atoms in total. The second kappa shape index (κ2) is 6.26. The zero-order valence-corrected chi connectivity index (χ0v) is 15.0. The van der Waals surface area contributed by atoms with Crippen LogP contribution in [0.25, 0.3) is 11.0 Å². The van der Waals surface area contributed by atoms with Crippen molar-refractivity contribution >= 4 is 43.7 Å². The molecule has 0 radical (unpaired) electrons. The molecule has 0 aliphatic heterocycles. The van der Waals surface area contributed by atoms with Gasteiger partial charge in [0.25, 0.3) is 0 Å². The SMILES string of the molecule is N=IC1CCC[C@@H](Nc2ncnc3[nH]cc(C(=O)C4CC4)c23)C1. The maximum Gasteiger partial charge on any atom is 0.168 e. The molecule has 7 heteroatoms. The summed E-state index contributed by atoms with van der Waals surface area (Å²) in [4.78, 5) is 24.3. The largest absolute Gasteiger partial charge is 0.367 e. The van der Waals surface area contributed by atoms with Crippen LogP contribution in [-0.4, -0.2) is 30.7 Å². The van der Waals surface area contributed by atoms with E-state index in [4.69, 9.17) is 3.56 Å². The Balaban J connectivity index is 1.65. The van der Waals surface area contributed by atoms with Gasteiger partial charge in [0, 0.05) is 27.6 Å². The van der Waals surface area contributed by atoms with Crippen LogP contribution < -0.4 is 5.32 Å². The quantitative estimate of drug-likeness (QED) is 0.383. The fourth-order valence-electron chi connectivity index (χ4n) is 3.39. The van der Waals surface area contributed by atoms with Crippen molar-refractivity contribution in [1.29, 1.82) is 3.56 Å². The number of nitrogens with one attached hydrogen (secondary N) is 3. The third kappa shape index (κ3) is 3.02. The minimum absolute atomic E-state index is 0.189. The first-order valence-electron chi connectivity index (χ1n) is 8.18. The molecular formula is C16H20IN5O. The van der Waals surface area contributed by atoms with E-state index in [1.54, 1.807) is 12.5 Å². The van der Waals surface area contributed by atoms with Crippen LogP contribution in [0.4, 0.5) is 5.82 Å². The standard InChI is InChI=1S/C16H20IN5O/c18-17-10-2-1-3-11(6-10)22-16-13-12(14(23)9-4-5-9)7-19-15(13)20-8-21-16/h7-11,18H,1-6H2,(H2,19,20,21,22)/t10?,11-/m1/s1. The van der Waals surface area contributed by atoms with E-state index in [1.807, 2.05) is 0 Å². The molecule has 2 aromatic heterocycles. The lowest BCUT2D eigenvalue weighted by Gasteiger charge is -2.27. The second-order valence-electron chi connectivity index (χ2n) is 6.50. The molecule has 0 spiro atoms.